The minimum Gasteiger partial charge on any atom is -0.472 e. The summed E-state index contributed by atoms with van der Waals surface area (Å²) in [4.78, 5) is 128. The molecule has 25 heteroatoms. The van der Waals surface area contributed by atoms with Gasteiger partial charge in [-0.05, 0) is 157 Å². The highest BCUT2D eigenvalue weighted by Crippen LogP contribution is 2.34. The number of methoxy groups -OCH3 is 5. The van der Waals surface area contributed by atoms with E-state index in [9.17, 15) is 47.9 Å². The van der Waals surface area contributed by atoms with Crippen molar-refractivity contribution in [1.82, 2.24) is 5.01 Å². The molecule has 3 heterocycles. The second-order valence-electron chi connectivity index (χ2n) is 24.9. The maximum atomic E-state index is 13.0. The Morgan fingerprint density at radius 1 is 0.467 bits per heavy atom. The lowest BCUT2D eigenvalue weighted by Crippen LogP contribution is -2.49. The van der Waals surface area contributed by atoms with Gasteiger partial charge < -0.3 is 37.6 Å². The Labute approximate surface area is 619 Å². The first-order valence-electron chi connectivity index (χ1n) is 33.9. The smallest absolute Gasteiger partial charge is 0.429 e. The van der Waals surface area contributed by atoms with Crippen LogP contribution in [0, 0.1) is 69.2 Å². The van der Waals surface area contributed by atoms with E-state index in [4.69, 9.17) is 49.2 Å². The zero-order chi connectivity index (χ0) is 77.9. The molecule has 105 heavy (non-hydrogen) atoms. The third-order valence-corrected chi connectivity index (χ3v) is 17.5. The number of alkyl halides is 1. The fraction of sp³-hybridized carbons (Fsp3) is 0.375. The molecule has 2 saturated heterocycles. The summed E-state index contributed by atoms with van der Waals surface area (Å²) in [5, 5.41) is 2.68. The summed E-state index contributed by atoms with van der Waals surface area (Å²) in [6, 6.07) is 37.1. The van der Waals surface area contributed by atoms with Crippen molar-refractivity contribution in [2.24, 2.45) is 0 Å². The Morgan fingerprint density at radius 2 is 0.857 bits per heavy atom. The molecule has 7 aromatic rings. The number of ether oxygens (including phenoxy) is 7. The molecule has 24 nitrogen and oxygen atoms in total. The molecule has 0 spiro atoms. The molecule has 1 aromatic heterocycles. The van der Waals surface area contributed by atoms with Crippen LogP contribution in [0.3, 0.4) is 0 Å². The number of esters is 4. The standard InChI is InChI=1S/C20H23NO3.C17H19NO4.C15H21NO4.C14H16ClNO3.C14H18N2O4/c1-14-9-8-10-15(2)19(14)21(16(3)20(23)24-4)18(22)13-17-11-6-5-7-12-17;1-11-6-5-7-12(2)15(11)18(13(3)17(20)21-4)16(19)14-8-9-22-10-14;1-10-7-6-8-11(2)14(10)16(13(17)9-19-4)12(3)15(18)20-5;1-9-4-3-5-10(2)13(9)16(12(17)8-15)11-6-7-19-14(11)18;1-10-5-4-6-11(2)13(10)16(12(17)9-19-3)15-7-8-20-14(15)18/h5-12,16H,13H2,1-4H3;5-10,13H,1-4H3;6-8,12H,9H2,1-5H3;3-5,11H,6-8H2,1-2H3;4-6H,7-9H2,1-3H3. The van der Waals surface area contributed by atoms with E-state index in [0.29, 0.717) is 36.5 Å². The van der Waals surface area contributed by atoms with Gasteiger partial charge in [-0.2, -0.15) is 0 Å². The predicted octanol–water partition coefficient (Wildman–Crippen LogP) is 12.2. The number of hydrogen-bond donors (Lipinski definition) is 0. The molecule has 6 aromatic carbocycles. The van der Waals surface area contributed by atoms with Crippen molar-refractivity contribution in [2.45, 2.75) is 127 Å². The number of carbonyl (C=O) groups is 10. The zero-order valence-electron chi connectivity index (χ0n) is 63.2. The van der Waals surface area contributed by atoms with Gasteiger partial charge >= 0.3 is 30.0 Å². The number of aryl methyl sites for hydroxylation is 10. The molecular formula is C80H97ClN6O18. The van der Waals surface area contributed by atoms with E-state index < -0.39 is 48.2 Å². The monoisotopic (exact) mass is 1460 g/mol. The summed E-state index contributed by atoms with van der Waals surface area (Å²) in [7, 11) is 6.85. The molecule has 0 bridgehead atoms. The molecule has 0 saturated carbocycles. The van der Waals surface area contributed by atoms with Crippen LogP contribution in [0.25, 0.3) is 0 Å². The molecule has 0 aliphatic carbocycles. The number of anilines is 5. The lowest BCUT2D eigenvalue weighted by atomic mass is 10.0. The molecule has 2 aliphatic heterocycles. The Bertz CT molecular complexity index is 4060. The Balaban J connectivity index is 0.000000236. The third kappa shape index (κ3) is 21.9. The van der Waals surface area contributed by atoms with Crippen LogP contribution >= 0.6 is 11.6 Å². The number of cyclic esters (lactones) is 2. The molecule has 0 N–H and O–H groups in total. The van der Waals surface area contributed by atoms with Gasteiger partial charge in [-0.15, -0.1) is 11.6 Å². The fourth-order valence-electron chi connectivity index (χ4n) is 12.2. The summed E-state index contributed by atoms with van der Waals surface area (Å²) in [6.45, 7) is 24.9. The van der Waals surface area contributed by atoms with Crippen LogP contribution in [0.4, 0.5) is 33.2 Å². The van der Waals surface area contributed by atoms with E-state index in [0.717, 1.165) is 78.3 Å². The highest BCUT2D eigenvalue weighted by Gasteiger charge is 2.39. The van der Waals surface area contributed by atoms with Gasteiger partial charge in [0, 0.05) is 20.6 Å². The number of nitrogens with zero attached hydrogens (tertiary/aromatic N) is 6. The Hall–Kier alpha value is -10.7. The summed E-state index contributed by atoms with van der Waals surface area (Å²) < 4.78 is 39.1. The number of furan rings is 1. The molecule has 562 valence electrons. The lowest BCUT2D eigenvalue weighted by Gasteiger charge is -2.31. The molecule has 0 radical (unpaired) electrons. The lowest BCUT2D eigenvalue weighted by molar-refractivity contribution is -0.143. The number of rotatable bonds is 21. The Morgan fingerprint density at radius 3 is 1.22 bits per heavy atom. The number of amides is 6. The van der Waals surface area contributed by atoms with E-state index in [1.165, 1.54) is 72.8 Å². The van der Waals surface area contributed by atoms with Gasteiger partial charge in [0.15, 0.2) is 0 Å². The number of halogens is 1. The van der Waals surface area contributed by atoms with Crippen LogP contribution in [0.5, 0.6) is 0 Å². The first-order chi connectivity index (χ1) is 50.0. The molecule has 2 fully saturated rings. The van der Waals surface area contributed by atoms with Gasteiger partial charge in [0.25, 0.3) is 17.7 Å². The molecule has 2 aliphatic rings. The van der Waals surface area contributed by atoms with Gasteiger partial charge in [-0.1, -0.05) is 121 Å². The maximum absolute atomic E-state index is 13.0. The van der Waals surface area contributed by atoms with Gasteiger partial charge in [0.05, 0.1) is 81.2 Å². The first kappa shape index (κ1) is 85.0. The number of benzene rings is 6. The van der Waals surface area contributed by atoms with E-state index in [2.05, 4.69) is 0 Å². The highest BCUT2D eigenvalue weighted by molar-refractivity contribution is 6.30. The quantitative estimate of drug-likeness (QED) is 0.0367. The van der Waals surface area contributed by atoms with Crippen LogP contribution in [0.15, 0.2) is 144 Å². The van der Waals surface area contributed by atoms with Gasteiger partial charge in [0.1, 0.15) is 56.1 Å². The number of carbonyl (C=O) groups excluding carboxylic acids is 10. The van der Waals surface area contributed by atoms with Crippen LogP contribution in [0.1, 0.15) is 98.7 Å². The van der Waals surface area contributed by atoms with E-state index in [-0.39, 0.29) is 67.6 Å². The van der Waals surface area contributed by atoms with Gasteiger partial charge in [-0.3, -0.25) is 43.6 Å². The van der Waals surface area contributed by atoms with Crippen molar-refractivity contribution in [3.05, 3.63) is 207 Å². The van der Waals surface area contributed by atoms with E-state index in [1.54, 1.807) is 31.7 Å². The molecular weight excluding hydrogens is 1370 g/mol. The van der Waals surface area contributed by atoms with Crippen molar-refractivity contribution in [2.75, 3.05) is 99.0 Å². The van der Waals surface area contributed by atoms with E-state index in [1.807, 2.05) is 191 Å². The van der Waals surface area contributed by atoms with Crippen LogP contribution < -0.4 is 24.6 Å². The Kier molecular flexibility index (Phi) is 33.2. The zero-order valence-corrected chi connectivity index (χ0v) is 63.9. The maximum Gasteiger partial charge on any atom is 0.429 e. The number of hydrazine groups is 1. The topological polar surface area (TPSA) is 268 Å². The van der Waals surface area contributed by atoms with E-state index >= 15 is 0 Å². The summed E-state index contributed by atoms with van der Waals surface area (Å²) >= 11 is 5.68. The minimum absolute atomic E-state index is 0.0882. The van der Waals surface area contributed by atoms with Gasteiger partial charge in [0.2, 0.25) is 11.8 Å². The summed E-state index contributed by atoms with van der Waals surface area (Å²) in [5.41, 5.74) is 14.3. The van der Waals surface area contributed by atoms with Gasteiger partial charge in [-0.25, -0.2) is 34.0 Å². The van der Waals surface area contributed by atoms with Crippen LogP contribution in [-0.4, -0.2) is 163 Å². The van der Waals surface area contributed by atoms with Crippen molar-refractivity contribution in [1.29, 1.82) is 0 Å². The van der Waals surface area contributed by atoms with Crippen molar-refractivity contribution in [3.63, 3.8) is 0 Å². The number of hydrogen-bond acceptors (Lipinski definition) is 18. The average Bonchev–Trinajstić information content (AvgIpc) is 1.81. The molecule has 4 unspecified atom stereocenters. The molecule has 6 amide bonds. The highest BCUT2D eigenvalue weighted by atomic mass is 35.5. The van der Waals surface area contributed by atoms with Crippen LogP contribution in [-0.2, 0) is 77.9 Å². The fourth-order valence-corrected chi connectivity index (χ4v) is 12.3. The normalized spacial score (nSPS) is 13.4. The second kappa shape index (κ2) is 41.0. The minimum atomic E-state index is -0.743. The van der Waals surface area contributed by atoms with Crippen molar-refractivity contribution >= 4 is 99.5 Å². The largest absolute Gasteiger partial charge is 0.472 e. The van der Waals surface area contributed by atoms with Crippen molar-refractivity contribution in [3.8, 4) is 0 Å². The summed E-state index contributed by atoms with van der Waals surface area (Å²) in [5.74, 6) is -3.16. The average molecular weight is 1470 g/mol. The second-order valence-corrected chi connectivity index (χ2v) is 25.1. The van der Waals surface area contributed by atoms with Crippen molar-refractivity contribution < 1.29 is 85.5 Å². The summed E-state index contributed by atoms with van der Waals surface area (Å²) in [6.07, 6.45) is 3.02. The first-order valence-corrected chi connectivity index (χ1v) is 34.4. The molecule has 4 atom stereocenters. The predicted molar refractivity (Wildman–Crippen MR) is 402 cm³/mol. The molecule has 9 rings (SSSR count). The third-order valence-electron chi connectivity index (χ3n) is 17.2. The van der Waals surface area contributed by atoms with Crippen LogP contribution in [0.2, 0.25) is 0 Å². The SMILES string of the molecule is COC(=O)C(C)N(C(=O)Cc1ccccc1)c1c(C)cccc1C.COC(=O)C(C)N(C(=O)c1ccoc1)c1c(C)cccc1C.COCC(=O)N(c1c(C)cccc1C)C(C)C(=O)OC.COCC(=O)N(c1c(C)cccc1C)N1CCOC1=O.Cc1cccc(C)c1N(C(=O)CCl)C1CCOC1=O. The number of para-hydroxylation sites is 5.